The molecule has 1 aliphatic heterocycles. The summed E-state index contributed by atoms with van der Waals surface area (Å²) < 4.78 is 3.04. The minimum absolute atomic E-state index is 0.0686. The van der Waals surface area contributed by atoms with Gasteiger partial charge in [-0.2, -0.15) is 0 Å². The quantitative estimate of drug-likeness (QED) is 0.744. The van der Waals surface area contributed by atoms with Crippen molar-refractivity contribution in [1.82, 2.24) is 9.62 Å². The molecule has 28 heavy (non-hydrogen) atoms. The number of urea groups is 1. The van der Waals surface area contributed by atoms with Crippen molar-refractivity contribution in [3.63, 3.8) is 0 Å². The van der Waals surface area contributed by atoms with Gasteiger partial charge >= 0.3 is 6.03 Å². The van der Waals surface area contributed by atoms with E-state index in [1.54, 1.807) is 11.9 Å². The molecule has 2 aromatic rings. The van der Waals surface area contributed by atoms with Crippen molar-refractivity contribution < 1.29 is 4.79 Å². The fraction of sp³-hybridized carbons (Fsp3) is 0.435. The smallest absolute Gasteiger partial charge is 0.307 e. The molecular weight excluding hydrogens is 366 g/mol. The minimum Gasteiger partial charge on any atom is -0.307 e. The highest BCUT2D eigenvalue weighted by Crippen LogP contribution is 2.38. The Labute approximate surface area is 171 Å². The standard InChI is InChI=1S/C23H27N3OS/c27-23(25-28-19-14-26(15-19)13-16-6-2-1-3-7-16)24-22-20-10-4-8-17(20)12-18-9-5-11-21(18)22/h1-3,6-7,12,19H,4-5,8-11,13-15H2,(H2,24,25,27). The van der Waals surface area contributed by atoms with Gasteiger partial charge in [0.05, 0.1) is 5.25 Å². The van der Waals surface area contributed by atoms with Crippen molar-refractivity contribution in [1.29, 1.82) is 0 Å². The SMILES string of the molecule is O=C(NSC1CN(Cc2ccccc2)C1)Nc1c2c(cc3c1CCC3)CCC2. The van der Waals surface area contributed by atoms with Gasteiger partial charge in [-0.05, 0) is 78.3 Å². The predicted octanol–water partition coefficient (Wildman–Crippen LogP) is 4.32. The molecule has 146 valence electrons. The number of hydrogen-bond acceptors (Lipinski definition) is 3. The lowest BCUT2D eigenvalue weighted by molar-refractivity contribution is 0.181. The molecule has 1 heterocycles. The molecule has 0 atom stereocenters. The number of anilines is 1. The third-order valence-electron chi connectivity index (χ3n) is 6.20. The van der Waals surface area contributed by atoms with E-state index in [0.717, 1.165) is 51.0 Å². The van der Waals surface area contributed by atoms with Crippen LogP contribution in [0.5, 0.6) is 0 Å². The number of carbonyl (C=O) groups is 1. The van der Waals surface area contributed by atoms with Crippen LogP contribution in [-0.4, -0.2) is 29.3 Å². The van der Waals surface area contributed by atoms with Gasteiger partial charge in [0.2, 0.25) is 0 Å². The fourth-order valence-electron chi connectivity index (χ4n) is 4.81. The third-order valence-corrected chi connectivity index (χ3v) is 7.14. The summed E-state index contributed by atoms with van der Waals surface area (Å²) in [7, 11) is 0. The molecule has 1 saturated heterocycles. The number of fused-ring (bicyclic) bond motifs is 2. The molecule has 2 N–H and O–H groups in total. The van der Waals surface area contributed by atoms with Gasteiger partial charge in [-0.15, -0.1) is 0 Å². The van der Waals surface area contributed by atoms with E-state index < -0.39 is 0 Å². The molecule has 5 rings (SSSR count). The van der Waals surface area contributed by atoms with E-state index >= 15 is 0 Å². The van der Waals surface area contributed by atoms with E-state index in [4.69, 9.17) is 0 Å². The van der Waals surface area contributed by atoms with E-state index in [2.05, 4.69) is 51.3 Å². The fourth-order valence-corrected chi connectivity index (χ4v) is 5.71. The maximum Gasteiger partial charge on any atom is 0.329 e. The van der Waals surface area contributed by atoms with Gasteiger partial charge in [0.25, 0.3) is 0 Å². The normalized spacial score (nSPS) is 18.4. The van der Waals surface area contributed by atoms with Crippen LogP contribution in [0.25, 0.3) is 0 Å². The van der Waals surface area contributed by atoms with Crippen LogP contribution in [0, 0.1) is 0 Å². The number of nitrogens with one attached hydrogen (secondary N) is 2. The molecule has 0 bridgehead atoms. The van der Waals surface area contributed by atoms with Gasteiger partial charge < -0.3 is 5.32 Å². The van der Waals surface area contributed by atoms with Gasteiger partial charge in [0, 0.05) is 25.3 Å². The summed E-state index contributed by atoms with van der Waals surface area (Å²) in [5.74, 6) is 0. The molecule has 1 fully saturated rings. The van der Waals surface area contributed by atoms with Gasteiger partial charge in [-0.25, -0.2) is 4.79 Å². The molecule has 5 heteroatoms. The third kappa shape index (κ3) is 3.65. The van der Waals surface area contributed by atoms with Crippen molar-refractivity contribution >= 4 is 23.7 Å². The molecule has 0 radical (unpaired) electrons. The Morgan fingerprint density at radius 1 is 1.00 bits per heavy atom. The maximum absolute atomic E-state index is 12.6. The monoisotopic (exact) mass is 393 g/mol. The predicted molar refractivity (Wildman–Crippen MR) is 116 cm³/mol. The van der Waals surface area contributed by atoms with Crippen LogP contribution in [0.15, 0.2) is 36.4 Å². The molecule has 2 amide bonds. The van der Waals surface area contributed by atoms with E-state index in [-0.39, 0.29) is 6.03 Å². The summed E-state index contributed by atoms with van der Waals surface area (Å²) in [4.78, 5) is 15.0. The van der Waals surface area contributed by atoms with Gasteiger partial charge in [0.1, 0.15) is 0 Å². The Morgan fingerprint density at radius 2 is 1.68 bits per heavy atom. The second-order valence-electron chi connectivity index (χ2n) is 8.21. The average Bonchev–Trinajstić information content (AvgIpc) is 3.33. The summed E-state index contributed by atoms with van der Waals surface area (Å²) in [6.45, 7) is 3.04. The number of benzene rings is 2. The number of likely N-dealkylation sites (tertiary alicyclic amines) is 1. The van der Waals surface area contributed by atoms with Crippen LogP contribution in [-0.2, 0) is 32.2 Å². The van der Waals surface area contributed by atoms with Crippen molar-refractivity contribution in [2.24, 2.45) is 0 Å². The lowest BCUT2D eigenvalue weighted by Crippen LogP contribution is -2.49. The number of hydrogen-bond donors (Lipinski definition) is 2. The minimum atomic E-state index is -0.0686. The molecular formula is C23H27N3OS. The molecule has 4 nitrogen and oxygen atoms in total. The number of rotatable bonds is 5. The van der Waals surface area contributed by atoms with Crippen LogP contribution >= 0.6 is 11.9 Å². The first-order valence-electron chi connectivity index (χ1n) is 10.4. The summed E-state index contributed by atoms with van der Waals surface area (Å²) in [5, 5.41) is 3.69. The highest BCUT2D eigenvalue weighted by molar-refractivity contribution is 7.98. The molecule has 0 saturated carbocycles. The number of aryl methyl sites for hydroxylation is 2. The molecule has 2 aliphatic carbocycles. The number of amides is 2. The zero-order chi connectivity index (χ0) is 18.9. The molecule has 0 spiro atoms. The largest absolute Gasteiger partial charge is 0.329 e. The Balaban J connectivity index is 1.14. The van der Waals surface area contributed by atoms with Crippen molar-refractivity contribution in [2.75, 3.05) is 18.4 Å². The van der Waals surface area contributed by atoms with E-state index in [1.807, 2.05) is 0 Å². The van der Waals surface area contributed by atoms with Crippen LogP contribution in [0.1, 0.15) is 40.7 Å². The van der Waals surface area contributed by atoms with Crippen LogP contribution in [0.4, 0.5) is 10.5 Å². The first kappa shape index (κ1) is 18.1. The van der Waals surface area contributed by atoms with E-state index in [1.165, 1.54) is 40.7 Å². The van der Waals surface area contributed by atoms with Crippen molar-refractivity contribution in [2.45, 2.75) is 50.3 Å². The average molecular weight is 394 g/mol. The highest BCUT2D eigenvalue weighted by atomic mass is 32.2. The topological polar surface area (TPSA) is 44.4 Å². The molecule has 0 unspecified atom stereocenters. The Morgan fingerprint density at radius 3 is 2.36 bits per heavy atom. The second-order valence-corrected chi connectivity index (χ2v) is 9.32. The Kier molecular flexibility index (Phi) is 5.03. The molecule has 0 aromatic heterocycles. The van der Waals surface area contributed by atoms with Crippen molar-refractivity contribution in [3.05, 3.63) is 64.2 Å². The Hall–Kier alpha value is -1.98. The van der Waals surface area contributed by atoms with Gasteiger partial charge in [-0.3, -0.25) is 9.62 Å². The summed E-state index contributed by atoms with van der Waals surface area (Å²) in [5.41, 5.74) is 8.17. The van der Waals surface area contributed by atoms with Gasteiger partial charge in [0.15, 0.2) is 0 Å². The van der Waals surface area contributed by atoms with E-state index in [9.17, 15) is 4.79 Å². The maximum atomic E-state index is 12.6. The molecule has 3 aliphatic rings. The van der Waals surface area contributed by atoms with E-state index in [0.29, 0.717) is 5.25 Å². The first-order valence-corrected chi connectivity index (χ1v) is 11.3. The first-order chi connectivity index (χ1) is 13.8. The van der Waals surface area contributed by atoms with Crippen LogP contribution in [0.3, 0.4) is 0 Å². The van der Waals surface area contributed by atoms with Crippen LogP contribution in [0.2, 0.25) is 0 Å². The summed E-state index contributed by atoms with van der Waals surface area (Å²) in [6.07, 6.45) is 6.94. The van der Waals surface area contributed by atoms with Crippen molar-refractivity contribution in [3.8, 4) is 0 Å². The second kappa shape index (κ2) is 7.80. The zero-order valence-corrected chi connectivity index (χ0v) is 17.0. The lowest BCUT2D eigenvalue weighted by atomic mass is 9.99. The summed E-state index contributed by atoms with van der Waals surface area (Å²) >= 11 is 1.57. The number of nitrogens with zero attached hydrogens (tertiary/aromatic N) is 1. The zero-order valence-electron chi connectivity index (χ0n) is 16.2. The lowest BCUT2D eigenvalue weighted by Gasteiger charge is -2.38. The number of carbonyl (C=O) groups excluding carboxylic acids is 1. The highest BCUT2D eigenvalue weighted by Gasteiger charge is 2.29. The van der Waals surface area contributed by atoms with Gasteiger partial charge in [-0.1, -0.05) is 36.4 Å². The Bertz CT molecular complexity index is 845. The summed E-state index contributed by atoms with van der Waals surface area (Å²) in [6, 6.07) is 12.9. The van der Waals surface area contributed by atoms with Crippen LogP contribution < -0.4 is 10.0 Å². The molecule has 2 aromatic carbocycles.